The van der Waals surface area contributed by atoms with Crippen LogP contribution in [0, 0.1) is 0 Å². The van der Waals surface area contributed by atoms with Gasteiger partial charge in [-0.2, -0.15) is 26.3 Å². The molecule has 1 atom stereocenters. The van der Waals surface area contributed by atoms with E-state index in [1.165, 1.54) is 0 Å². The van der Waals surface area contributed by atoms with Gasteiger partial charge in [0.15, 0.2) is 26.4 Å². The van der Waals surface area contributed by atoms with E-state index >= 15 is 0 Å². The molecular formula is C8H9F6N3O4S2. The third-order valence-corrected chi connectivity index (χ3v) is 4.70. The number of sulfonamides is 2. The molecular weight excluding hydrogens is 380 g/mol. The van der Waals surface area contributed by atoms with Crippen LogP contribution in [0.25, 0.3) is 4.13 Å². The van der Waals surface area contributed by atoms with Gasteiger partial charge in [0.05, 0.1) is 19.4 Å². The second-order valence-electron chi connectivity index (χ2n) is 3.88. The van der Waals surface area contributed by atoms with Crippen molar-refractivity contribution in [1.29, 1.82) is 0 Å². The van der Waals surface area contributed by atoms with Crippen molar-refractivity contribution in [2.24, 2.45) is 4.99 Å². The van der Waals surface area contributed by atoms with Gasteiger partial charge < -0.3 is 4.13 Å². The van der Waals surface area contributed by atoms with Gasteiger partial charge in [0, 0.05) is 0 Å². The summed E-state index contributed by atoms with van der Waals surface area (Å²) in [6, 6.07) is 0. The summed E-state index contributed by atoms with van der Waals surface area (Å²) in [4.78, 5) is 3.90. The maximum Gasteiger partial charge on any atom is 0.480 e. The third-order valence-electron chi connectivity index (χ3n) is 1.96. The molecule has 0 aliphatic carbocycles. The predicted molar refractivity (Wildman–Crippen MR) is 67.3 cm³/mol. The van der Waals surface area contributed by atoms with Crippen molar-refractivity contribution in [2.45, 2.75) is 11.0 Å². The minimum atomic E-state index is -6.72. The van der Waals surface area contributed by atoms with Crippen molar-refractivity contribution in [3.63, 3.8) is 0 Å². The molecule has 23 heavy (non-hydrogen) atoms. The van der Waals surface area contributed by atoms with Gasteiger partial charge in [0.2, 0.25) is 0 Å². The zero-order chi connectivity index (χ0) is 18.7. The van der Waals surface area contributed by atoms with Gasteiger partial charge >= 0.3 is 11.0 Å². The van der Waals surface area contributed by atoms with Crippen LogP contribution in [-0.4, -0.2) is 45.7 Å². The Balaban J connectivity index is 0.000000502. The van der Waals surface area contributed by atoms with E-state index in [1.807, 2.05) is 25.8 Å². The fourth-order valence-electron chi connectivity index (χ4n) is 0.724. The highest BCUT2D eigenvalue weighted by Gasteiger charge is 2.46. The number of hydrogen-bond acceptors (Lipinski definition) is 5. The Bertz CT molecular complexity index is 651. The van der Waals surface area contributed by atoms with Crippen LogP contribution in [0.15, 0.2) is 30.2 Å². The Hall–Kier alpha value is -1.45. The van der Waals surface area contributed by atoms with Gasteiger partial charge in [0.25, 0.3) is 0 Å². The smallest absolute Gasteiger partial charge is 0.421 e. The van der Waals surface area contributed by atoms with E-state index < -0.39 is 31.1 Å². The first-order valence-corrected chi connectivity index (χ1v) is 7.93. The van der Waals surface area contributed by atoms with Gasteiger partial charge in [-0.05, 0) is 6.58 Å². The fourth-order valence-corrected chi connectivity index (χ4v) is 2.43. The molecule has 1 rings (SSSR count). The molecule has 0 fully saturated rings. The van der Waals surface area contributed by atoms with E-state index in [2.05, 4.69) is 11.6 Å². The molecule has 0 aromatic carbocycles. The number of rotatable bonds is 3. The van der Waals surface area contributed by atoms with Crippen LogP contribution < -0.4 is 0 Å². The molecule has 1 unspecified atom stereocenters. The number of nitrogens with zero attached hydrogens (tertiary/aromatic N) is 3. The summed E-state index contributed by atoms with van der Waals surface area (Å²) in [6.07, 6.45) is 7.34. The first-order chi connectivity index (χ1) is 9.97. The zero-order valence-electron chi connectivity index (χ0n) is 11.1. The molecule has 0 aromatic rings. The highest BCUT2D eigenvalue weighted by atomic mass is 32.3. The van der Waals surface area contributed by atoms with E-state index in [0.717, 1.165) is 4.13 Å². The number of halogens is 6. The lowest BCUT2D eigenvalue weighted by molar-refractivity contribution is -0.696. The molecule has 0 bridgehead atoms. The quantitative estimate of drug-likeness (QED) is 0.546. The van der Waals surface area contributed by atoms with Crippen LogP contribution >= 0.6 is 0 Å². The Morgan fingerprint density at radius 3 is 1.61 bits per heavy atom. The Morgan fingerprint density at radius 1 is 1.04 bits per heavy atom. The van der Waals surface area contributed by atoms with Gasteiger partial charge in [-0.15, -0.1) is 0 Å². The SMILES string of the molecule is C=C[N+]1(C)C=CN=C1.O=S(=O)([N-]S(=O)(=O)C(F)(F)F)C(F)(F)F. The third kappa shape index (κ3) is 5.92. The molecule has 0 amide bonds. The second-order valence-corrected chi connectivity index (χ2v) is 7.31. The summed E-state index contributed by atoms with van der Waals surface area (Å²) in [5, 5.41) is 0. The van der Waals surface area contributed by atoms with E-state index in [-0.39, 0.29) is 0 Å². The molecule has 0 N–H and O–H groups in total. The van der Waals surface area contributed by atoms with Crippen LogP contribution in [0.1, 0.15) is 0 Å². The van der Waals surface area contributed by atoms with Crippen molar-refractivity contribution >= 4 is 26.4 Å². The molecule has 134 valence electrons. The monoisotopic (exact) mass is 389 g/mol. The lowest BCUT2D eigenvalue weighted by Gasteiger charge is -2.22. The van der Waals surface area contributed by atoms with Crippen LogP contribution in [0.4, 0.5) is 26.3 Å². The Labute approximate surface area is 127 Å². The zero-order valence-corrected chi connectivity index (χ0v) is 12.7. The lowest BCUT2D eigenvalue weighted by Crippen LogP contribution is -2.30. The maximum atomic E-state index is 11.4. The van der Waals surface area contributed by atoms with Crippen molar-refractivity contribution in [3.8, 4) is 0 Å². The molecule has 0 saturated heterocycles. The van der Waals surface area contributed by atoms with Gasteiger partial charge in [0.1, 0.15) is 6.20 Å². The van der Waals surface area contributed by atoms with E-state index in [4.69, 9.17) is 0 Å². The average Bonchev–Trinajstić information content (AvgIpc) is 2.73. The van der Waals surface area contributed by atoms with E-state index in [9.17, 15) is 43.2 Å². The highest BCUT2D eigenvalue weighted by Crippen LogP contribution is 2.36. The number of quaternary nitrogens is 1. The van der Waals surface area contributed by atoms with Gasteiger partial charge in [-0.25, -0.2) is 26.3 Å². The lowest BCUT2D eigenvalue weighted by atomic mass is 10.6. The summed E-state index contributed by atoms with van der Waals surface area (Å²) in [5.74, 6) is 0. The summed E-state index contributed by atoms with van der Waals surface area (Å²) >= 11 is 0. The summed E-state index contributed by atoms with van der Waals surface area (Å²) in [6.45, 7) is 3.64. The molecule has 15 heteroatoms. The highest BCUT2D eigenvalue weighted by molar-refractivity contribution is 8.13. The molecule has 1 aliphatic heterocycles. The van der Waals surface area contributed by atoms with Crippen LogP contribution in [0.3, 0.4) is 0 Å². The second kappa shape index (κ2) is 6.58. The number of hydrogen-bond donors (Lipinski definition) is 0. The van der Waals surface area contributed by atoms with E-state index in [1.54, 1.807) is 6.20 Å². The topological polar surface area (TPSA) is 94.7 Å². The Kier molecular flexibility index (Phi) is 6.16. The fraction of sp³-hybridized carbons (Fsp3) is 0.375. The Morgan fingerprint density at radius 2 is 1.43 bits per heavy atom. The van der Waals surface area contributed by atoms with Gasteiger partial charge in [-0.3, -0.25) is 0 Å². The van der Waals surface area contributed by atoms with Crippen molar-refractivity contribution in [2.75, 3.05) is 7.05 Å². The largest absolute Gasteiger partial charge is 0.480 e. The van der Waals surface area contributed by atoms with E-state index in [0.29, 0.717) is 4.48 Å². The number of alkyl halides is 6. The molecule has 0 spiro atoms. The summed E-state index contributed by atoms with van der Waals surface area (Å²) in [5.41, 5.74) is -12.4. The standard InChI is InChI=1S/C6H9N2.C2F6NO4S2/c1-3-8(2)5-4-7-6-8;3-1(4,5)14(10,11)9-15(12,13)2(6,7)8/h3-6H,1H2,2H3;/q+1;-1. The minimum absolute atomic E-state index is 0.611. The van der Waals surface area contributed by atoms with Crippen LogP contribution in [-0.2, 0) is 20.0 Å². The van der Waals surface area contributed by atoms with Gasteiger partial charge in [-0.1, -0.05) is 0 Å². The summed E-state index contributed by atoms with van der Waals surface area (Å²) in [7, 11) is -11.4. The van der Waals surface area contributed by atoms with Crippen molar-refractivity contribution in [1.82, 2.24) is 0 Å². The molecule has 7 nitrogen and oxygen atoms in total. The molecule has 0 saturated carbocycles. The normalized spacial score (nSPS) is 21.7. The first kappa shape index (κ1) is 21.6. The van der Waals surface area contributed by atoms with Crippen LogP contribution in [0.5, 0.6) is 0 Å². The molecule has 0 aromatic heterocycles. The van der Waals surface area contributed by atoms with Crippen LogP contribution in [0.2, 0.25) is 0 Å². The predicted octanol–water partition coefficient (Wildman–Crippen LogP) is 2.15. The maximum absolute atomic E-state index is 11.4. The first-order valence-electron chi connectivity index (χ1n) is 5.05. The molecule has 0 radical (unpaired) electrons. The van der Waals surface area contributed by atoms with Crippen molar-refractivity contribution in [3.05, 3.63) is 29.3 Å². The number of aliphatic imine (C=N–C) groups is 1. The summed E-state index contributed by atoms with van der Waals surface area (Å²) < 4.78 is 110. The average molecular weight is 389 g/mol. The molecule has 1 aliphatic rings. The minimum Gasteiger partial charge on any atom is -0.421 e. The molecule has 1 heterocycles. The van der Waals surface area contributed by atoms with Crippen molar-refractivity contribution < 1.29 is 47.7 Å².